The zero-order chi connectivity index (χ0) is 20.3. The van der Waals surface area contributed by atoms with Crippen molar-refractivity contribution in [2.75, 3.05) is 18.0 Å². The lowest BCUT2D eigenvalue weighted by Crippen LogP contribution is -2.54. The molecule has 6 nitrogen and oxygen atoms in total. The molecule has 1 aromatic carbocycles. The second-order valence-corrected chi connectivity index (χ2v) is 8.33. The Morgan fingerprint density at radius 3 is 2.89 bits per heavy atom. The summed E-state index contributed by atoms with van der Waals surface area (Å²) in [4.78, 5) is 19.2. The minimum absolute atomic E-state index is 0.0526. The van der Waals surface area contributed by atoms with Gasteiger partial charge in [0.15, 0.2) is 0 Å². The number of benzene rings is 1. The summed E-state index contributed by atoms with van der Waals surface area (Å²) in [5.74, 6) is 0.752. The molecule has 1 aliphatic heterocycles. The van der Waals surface area contributed by atoms with Crippen molar-refractivity contribution in [2.24, 2.45) is 17.6 Å². The molecular weight excluding hydrogens is 350 g/mol. The second kappa shape index (κ2) is 8.57. The van der Waals surface area contributed by atoms with E-state index in [0.717, 1.165) is 36.1 Å². The van der Waals surface area contributed by atoms with Gasteiger partial charge in [0, 0.05) is 36.4 Å². The molecule has 3 rings (SSSR count). The second-order valence-electron chi connectivity index (χ2n) is 8.33. The van der Waals surface area contributed by atoms with Crippen molar-refractivity contribution in [1.29, 1.82) is 5.26 Å². The van der Waals surface area contributed by atoms with Gasteiger partial charge in [0.05, 0.1) is 17.1 Å². The molecule has 6 heteroatoms. The standard InChI is InChI=1S/C22H29N5O/c1-14(2)9-19(24)22(28)26-17-10-15(3)12-27(13-17)20-7-6-16(11-23)21-18(20)5-4-8-25-21/h4-8,14-15,17,19H,9-10,12-13,24H2,1-3H3,(H,26,28)/t15-,17+,19?/m0/s1. The van der Waals surface area contributed by atoms with Gasteiger partial charge >= 0.3 is 0 Å². The van der Waals surface area contributed by atoms with Crippen LogP contribution in [0.25, 0.3) is 10.9 Å². The van der Waals surface area contributed by atoms with E-state index in [0.29, 0.717) is 23.8 Å². The highest BCUT2D eigenvalue weighted by molar-refractivity contribution is 5.95. The summed E-state index contributed by atoms with van der Waals surface area (Å²) in [7, 11) is 0. The highest BCUT2D eigenvalue weighted by Crippen LogP contribution is 2.31. The highest BCUT2D eigenvalue weighted by atomic mass is 16.2. The number of nitrogens with zero attached hydrogens (tertiary/aromatic N) is 3. The van der Waals surface area contributed by atoms with Crippen LogP contribution >= 0.6 is 0 Å². The molecule has 0 spiro atoms. The number of nitrogens with one attached hydrogen (secondary N) is 1. The number of fused-ring (bicyclic) bond motifs is 1. The Balaban J connectivity index is 1.81. The third-order valence-electron chi connectivity index (χ3n) is 5.28. The molecule has 148 valence electrons. The number of rotatable bonds is 5. The van der Waals surface area contributed by atoms with E-state index in [1.165, 1.54) is 0 Å². The van der Waals surface area contributed by atoms with E-state index in [1.54, 1.807) is 6.20 Å². The monoisotopic (exact) mass is 379 g/mol. The lowest BCUT2D eigenvalue weighted by molar-refractivity contribution is -0.123. The third-order valence-corrected chi connectivity index (χ3v) is 5.28. The first-order valence-electron chi connectivity index (χ1n) is 9.97. The van der Waals surface area contributed by atoms with Crippen molar-refractivity contribution < 1.29 is 4.79 Å². The topological polar surface area (TPSA) is 95.0 Å². The highest BCUT2D eigenvalue weighted by Gasteiger charge is 2.28. The lowest BCUT2D eigenvalue weighted by Gasteiger charge is -2.39. The normalized spacial score (nSPS) is 20.8. The van der Waals surface area contributed by atoms with Gasteiger partial charge < -0.3 is 16.0 Å². The van der Waals surface area contributed by atoms with Gasteiger partial charge in [0.25, 0.3) is 0 Å². The summed E-state index contributed by atoms with van der Waals surface area (Å²) in [5, 5.41) is 13.5. The molecule has 0 radical (unpaired) electrons. The van der Waals surface area contributed by atoms with Crippen molar-refractivity contribution in [3.8, 4) is 6.07 Å². The summed E-state index contributed by atoms with van der Waals surface area (Å²) in [6.45, 7) is 7.97. The Morgan fingerprint density at radius 2 is 2.18 bits per heavy atom. The summed E-state index contributed by atoms with van der Waals surface area (Å²) >= 11 is 0. The number of nitriles is 1. The molecule has 2 heterocycles. The maximum Gasteiger partial charge on any atom is 0.237 e. The Bertz CT molecular complexity index is 888. The van der Waals surface area contributed by atoms with E-state index >= 15 is 0 Å². The van der Waals surface area contributed by atoms with Gasteiger partial charge in [-0.1, -0.05) is 20.8 Å². The lowest BCUT2D eigenvalue weighted by atomic mass is 9.94. The molecule has 2 aromatic rings. The maximum atomic E-state index is 12.5. The molecule has 1 aromatic heterocycles. The van der Waals surface area contributed by atoms with Crippen molar-refractivity contribution in [3.05, 3.63) is 36.0 Å². The molecule has 3 N–H and O–H groups in total. The van der Waals surface area contributed by atoms with Crippen LogP contribution in [0, 0.1) is 23.2 Å². The molecule has 3 atom stereocenters. The largest absolute Gasteiger partial charge is 0.369 e. The van der Waals surface area contributed by atoms with Crippen LogP contribution in [-0.4, -0.2) is 36.1 Å². The minimum Gasteiger partial charge on any atom is -0.369 e. The van der Waals surface area contributed by atoms with Crippen LogP contribution in [0.15, 0.2) is 30.5 Å². The van der Waals surface area contributed by atoms with Crippen LogP contribution in [0.3, 0.4) is 0 Å². The van der Waals surface area contributed by atoms with Crippen LogP contribution in [0.4, 0.5) is 5.69 Å². The molecule has 28 heavy (non-hydrogen) atoms. The third kappa shape index (κ3) is 4.42. The molecule has 1 unspecified atom stereocenters. The average molecular weight is 380 g/mol. The molecule has 1 saturated heterocycles. The smallest absolute Gasteiger partial charge is 0.237 e. The van der Waals surface area contributed by atoms with Gasteiger partial charge in [-0.05, 0) is 48.9 Å². The van der Waals surface area contributed by atoms with Gasteiger partial charge in [0.1, 0.15) is 6.07 Å². The first-order valence-corrected chi connectivity index (χ1v) is 9.97. The van der Waals surface area contributed by atoms with E-state index < -0.39 is 6.04 Å². The van der Waals surface area contributed by atoms with Gasteiger partial charge in [-0.25, -0.2) is 0 Å². The average Bonchev–Trinajstić information content (AvgIpc) is 2.66. The van der Waals surface area contributed by atoms with Crippen molar-refractivity contribution in [3.63, 3.8) is 0 Å². The van der Waals surface area contributed by atoms with Crippen LogP contribution in [0.2, 0.25) is 0 Å². The van der Waals surface area contributed by atoms with Crippen LogP contribution in [0.5, 0.6) is 0 Å². The Morgan fingerprint density at radius 1 is 1.39 bits per heavy atom. The van der Waals surface area contributed by atoms with Crippen LogP contribution in [0.1, 0.15) is 39.2 Å². The summed E-state index contributed by atoms with van der Waals surface area (Å²) in [5.41, 5.74) is 8.41. The fourth-order valence-electron chi connectivity index (χ4n) is 4.10. The number of carbonyl (C=O) groups is 1. The number of carbonyl (C=O) groups excluding carboxylic acids is 1. The fraction of sp³-hybridized carbons (Fsp3) is 0.500. The Hall–Kier alpha value is -2.65. The Labute approximate surface area is 166 Å². The Kier molecular flexibility index (Phi) is 6.15. The van der Waals surface area contributed by atoms with E-state index in [1.807, 2.05) is 24.3 Å². The molecule has 0 saturated carbocycles. The van der Waals surface area contributed by atoms with E-state index in [4.69, 9.17) is 5.73 Å². The molecule has 0 aliphatic carbocycles. The number of hydrogen-bond acceptors (Lipinski definition) is 5. The molecule has 1 amide bonds. The maximum absolute atomic E-state index is 12.5. The van der Waals surface area contributed by atoms with Crippen molar-refractivity contribution in [2.45, 2.75) is 45.7 Å². The number of piperidine rings is 1. The summed E-state index contributed by atoms with van der Waals surface area (Å²) in [6.07, 6.45) is 3.33. The van der Waals surface area contributed by atoms with Crippen molar-refractivity contribution >= 4 is 22.5 Å². The number of pyridine rings is 1. The number of anilines is 1. The van der Waals surface area contributed by atoms with Gasteiger partial charge in [0.2, 0.25) is 5.91 Å². The predicted molar refractivity (Wildman–Crippen MR) is 112 cm³/mol. The van der Waals surface area contributed by atoms with Gasteiger partial charge in [-0.2, -0.15) is 5.26 Å². The van der Waals surface area contributed by atoms with Crippen molar-refractivity contribution in [1.82, 2.24) is 10.3 Å². The number of amides is 1. The number of nitrogens with two attached hydrogens (primary N) is 1. The summed E-state index contributed by atoms with van der Waals surface area (Å²) < 4.78 is 0. The van der Waals surface area contributed by atoms with E-state index in [2.05, 4.69) is 42.0 Å². The SMILES string of the molecule is CC(C)CC(N)C(=O)N[C@@H]1C[C@H](C)CN(c2ccc(C#N)c3ncccc23)C1. The van der Waals surface area contributed by atoms with E-state index in [-0.39, 0.29) is 11.9 Å². The molecule has 1 aliphatic rings. The minimum atomic E-state index is -0.467. The number of aromatic nitrogens is 1. The van der Waals surface area contributed by atoms with Crippen LogP contribution < -0.4 is 16.0 Å². The number of hydrogen-bond donors (Lipinski definition) is 2. The quantitative estimate of drug-likeness (QED) is 0.833. The molecular formula is C22H29N5O. The fourth-order valence-corrected chi connectivity index (χ4v) is 4.10. The predicted octanol–water partition coefficient (Wildman–Crippen LogP) is 2.81. The molecule has 1 fully saturated rings. The van der Waals surface area contributed by atoms with E-state index in [9.17, 15) is 10.1 Å². The van der Waals surface area contributed by atoms with Gasteiger partial charge in [-0.3, -0.25) is 9.78 Å². The summed E-state index contributed by atoms with van der Waals surface area (Å²) in [6, 6.07) is 9.52. The zero-order valence-corrected chi connectivity index (χ0v) is 16.9. The van der Waals surface area contributed by atoms with Crippen LogP contribution in [-0.2, 0) is 4.79 Å². The zero-order valence-electron chi connectivity index (χ0n) is 16.9. The molecule has 0 bridgehead atoms. The first kappa shape index (κ1) is 20.1. The first-order chi connectivity index (χ1) is 13.4. The van der Waals surface area contributed by atoms with Gasteiger partial charge in [-0.15, -0.1) is 0 Å².